The van der Waals surface area contributed by atoms with Crippen LogP contribution in [0, 0.1) is 5.92 Å². The second-order valence-electron chi connectivity index (χ2n) is 7.66. The minimum absolute atomic E-state index is 0. The van der Waals surface area contributed by atoms with Gasteiger partial charge in [0, 0.05) is 51.9 Å². The summed E-state index contributed by atoms with van der Waals surface area (Å²) in [7, 11) is 0. The van der Waals surface area contributed by atoms with E-state index in [0.717, 1.165) is 70.4 Å². The molecule has 1 atom stereocenters. The maximum atomic E-state index is 5.84. The van der Waals surface area contributed by atoms with E-state index >= 15 is 0 Å². The predicted octanol–water partition coefficient (Wildman–Crippen LogP) is 3.94. The first kappa shape index (κ1) is 25.6. The van der Waals surface area contributed by atoms with E-state index in [1.807, 2.05) is 16.9 Å². The molecule has 0 amide bonds. The molecule has 1 saturated heterocycles. The van der Waals surface area contributed by atoms with Crippen LogP contribution in [0.5, 0.6) is 0 Å². The summed E-state index contributed by atoms with van der Waals surface area (Å²) in [5.41, 5.74) is 2.24. The smallest absolute Gasteiger partial charge is 0.191 e. The Labute approximate surface area is 203 Å². The zero-order valence-corrected chi connectivity index (χ0v) is 21.0. The molecule has 1 aliphatic rings. The number of halogens is 1. The molecule has 1 aromatic heterocycles. The molecule has 0 aliphatic carbocycles. The molecule has 31 heavy (non-hydrogen) atoms. The normalized spacial score (nSPS) is 15.9. The molecule has 2 N–H and O–H groups in total. The summed E-state index contributed by atoms with van der Waals surface area (Å²) < 4.78 is 13.1. The van der Waals surface area contributed by atoms with Crippen molar-refractivity contribution < 1.29 is 9.47 Å². The number of ether oxygens (including phenoxy) is 2. The molecule has 0 saturated carbocycles. The van der Waals surface area contributed by atoms with Gasteiger partial charge in [-0.05, 0) is 62.8 Å². The van der Waals surface area contributed by atoms with Gasteiger partial charge in [0.25, 0.3) is 0 Å². The summed E-state index contributed by atoms with van der Waals surface area (Å²) in [6, 6.07) is 10.4. The number of nitrogens with zero attached hydrogens (tertiary/aromatic N) is 3. The summed E-state index contributed by atoms with van der Waals surface area (Å²) in [4.78, 5) is 4.71. The molecule has 0 spiro atoms. The van der Waals surface area contributed by atoms with Gasteiger partial charge in [-0.1, -0.05) is 12.1 Å². The van der Waals surface area contributed by atoms with Gasteiger partial charge >= 0.3 is 0 Å². The van der Waals surface area contributed by atoms with Crippen molar-refractivity contribution in [3.05, 3.63) is 48.3 Å². The average molecular weight is 541 g/mol. The van der Waals surface area contributed by atoms with Crippen LogP contribution in [-0.4, -0.2) is 55.3 Å². The minimum Gasteiger partial charge on any atom is -0.381 e. The number of hydrogen-bond acceptors (Lipinski definition) is 4. The van der Waals surface area contributed by atoms with Crippen LogP contribution in [0.4, 0.5) is 0 Å². The fraction of sp³-hybridized carbons (Fsp3) is 0.565. The summed E-state index contributed by atoms with van der Waals surface area (Å²) in [5, 5.41) is 11.2. The lowest BCUT2D eigenvalue weighted by molar-refractivity contribution is 0.0205. The molecular weight excluding hydrogens is 505 g/mol. The molecule has 1 aromatic carbocycles. The van der Waals surface area contributed by atoms with E-state index in [9.17, 15) is 0 Å². The third kappa shape index (κ3) is 8.78. The van der Waals surface area contributed by atoms with Gasteiger partial charge in [0.2, 0.25) is 0 Å². The van der Waals surface area contributed by atoms with E-state index in [4.69, 9.17) is 14.5 Å². The molecule has 1 unspecified atom stereocenters. The van der Waals surface area contributed by atoms with Crippen molar-refractivity contribution in [3.8, 4) is 5.69 Å². The Morgan fingerprint density at radius 1 is 1.32 bits per heavy atom. The van der Waals surface area contributed by atoms with Crippen molar-refractivity contribution in [2.24, 2.45) is 10.9 Å². The molecule has 7 nitrogen and oxygen atoms in total. The summed E-state index contributed by atoms with van der Waals surface area (Å²) in [6.45, 7) is 9.13. The van der Waals surface area contributed by atoms with Crippen LogP contribution in [0.3, 0.4) is 0 Å². The summed E-state index contributed by atoms with van der Waals surface area (Å²) in [6.07, 6.45) is 6.89. The predicted molar refractivity (Wildman–Crippen MR) is 135 cm³/mol. The van der Waals surface area contributed by atoms with Crippen LogP contribution in [0.2, 0.25) is 0 Å². The van der Waals surface area contributed by atoms with Crippen LogP contribution in [-0.2, 0) is 9.47 Å². The first-order valence-corrected chi connectivity index (χ1v) is 11.1. The second kappa shape index (κ2) is 14.4. The number of guanidine groups is 1. The van der Waals surface area contributed by atoms with Crippen molar-refractivity contribution in [3.63, 3.8) is 0 Å². The topological polar surface area (TPSA) is 72.7 Å². The van der Waals surface area contributed by atoms with Gasteiger partial charge < -0.3 is 20.1 Å². The van der Waals surface area contributed by atoms with Crippen LogP contribution in [0.25, 0.3) is 5.69 Å². The highest BCUT2D eigenvalue weighted by molar-refractivity contribution is 14.0. The molecule has 3 rings (SSSR count). The Hall–Kier alpha value is -1.65. The van der Waals surface area contributed by atoms with E-state index < -0.39 is 0 Å². The molecule has 8 heteroatoms. The lowest BCUT2D eigenvalue weighted by Crippen LogP contribution is -2.38. The zero-order chi connectivity index (χ0) is 21.0. The maximum absolute atomic E-state index is 5.84. The number of nitrogens with one attached hydrogen (secondary N) is 2. The Morgan fingerprint density at radius 2 is 2.16 bits per heavy atom. The largest absolute Gasteiger partial charge is 0.381 e. The SMILES string of the molecule is CCNC(=NCCCOCC1CCOCC1)NC(C)c1cccc(-n2cccn2)c1.I. The highest BCUT2D eigenvalue weighted by Crippen LogP contribution is 2.17. The van der Waals surface area contributed by atoms with Crippen LogP contribution in [0.15, 0.2) is 47.7 Å². The van der Waals surface area contributed by atoms with Crippen molar-refractivity contribution in [2.45, 2.75) is 39.2 Å². The number of hydrogen-bond donors (Lipinski definition) is 2. The third-order valence-corrected chi connectivity index (χ3v) is 5.25. The highest BCUT2D eigenvalue weighted by Gasteiger charge is 2.13. The van der Waals surface area contributed by atoms with Gasteiger partial charge in [0.1, 0.15) is 0 Å². The standard InChI is InChI=1S/C23H35N5O2.HI/c1-3-24-23(25-11-6-14-30-18-20-9-15-29-16-10-20)27-19(2)21-7-4-8-22(17-21)28-13-5-12-26-28;/h4-5,7-8,12-13,17,19-20H,3,6,9-11,14-16,18H2,1-2H3,(H2,24,25,27);1H. The van der Waals surface area contributed by atoms with Crippen molar-refractivity contribution in [2.75, 3.05) is 39.5 Å². The van der Waals surface area contributed by atoms with Gasteiger partial charge in [0.15, 0.2) is 5.96 Å². The van der Waals surface area contributed by atoms with E-state index in [1.54, 1.807) is 6.20 Å². The number of benzene rings is 1. The van der Waals surface area contributed by atoms with Crippen LogP contribution < -0.4 is 10.6 Å². The van der Waals surface area contributed by atoms with Gasteiger partial charge in [-0.2, -0.15) is 5.10 Å². The lowest BCUT2D eigenvalue weighted by atomic mass is 10.0. The Morgan fingerprint density at radius 3 is 2.90 bits per heavy atom. The molecular formula is C23H36IN5O2. The molecule has 1 fully saturated rings. The Balaban J connectivity index is 0.00000341. The zero-order valence-electron chi connectivity index (χ0n) is 18.6. The van der Waals surface area contributed by atoms with Crippen molar-refractivity contribution >= 4 is 29.9 Å². The molecule has 2 aromatic rings. The highest BCUT2D eigenvalue weighted by atomic mass is 127. The van der Waals surface area contributed by atoms with Crippen LogP contribution in [0.1, 0.15) is 44.7 Å². The summed E-state index contributed by atoms with van der Waals surface area (Å²) in [5.74, 6) is 1.48. The molecule has 2 heterocycles. The van der Waals surface area contributed by atoms with Gasteiger partial charge in [0.05, 0.1) is 11.7 Å². The van der Waals surface area contributed by atoms with Gasteiger partial charge in [-0.3, -0.25) is 4.99 Å². The molecule has 0 radical (unpaired) electrons. The average Bonchev–Trinajstić information content (AvgIpc) is 3.32. The monoisotopic (exact) mass is 541 g/mol. The molecule has 0 bridgehead atoms. The van der Waals surface area contributed by atoms with E-state index in [-0.39, 0.29) is 30.0 Å². The first-order valence-electron chi connectivity index (χ1n) is 11.1. The van der Waals surface area contributed by atoms with Crippen molar-refractivity contribution in [1.29, 1.82) is 0 Å². The summed E-state index contributed by atoms with van der Waals surface area (Å²) >= 11 is 0. The number of rotatable bonds is 10. The second-order valence-corrected chi connectivity index (χ2v) is 7.66. The first-order chi connectivity index (χ1) is 14.8. The third-order valence-electron chi connectivity index (χ3n) is 5.25. The Bertz CT molecular complexity index is 763. The Kier molecular flexibility index (Phi) is 11.9. The fourth-order valence-electron chi connectivity index (χ4n) is 3.49. The van der Waals surface area contributed by atoms with E-state index in [2.05, 4.69) is 53.8 Å². The lowest BCUT2D eigenvalue weighted by Gasteiger charge is -2.21. The minimum atomic E-state index is 0. The quantitative estimate of drug-likeness (QED) is 0.206. The van der Waals surface area contributed by atoms with Gasteiger partial charge in [-0.15, -0.1) is 24.0 Å². The fourth-order valence-corrected chi connectivity index (χ4v) is 3.49. The number of aromatic nitrogens is 2. The van der Waals surface area contributed by atoms with E-state index in [1.165, 1.54) is 5.56 Å². The molecule has 1 aliphatic heterocycles. The van der Waals surface area contributed by atoms with Gasteiger partial charge in [-0.25, -0.2) is 4.68 Å². The van der Waals surface area contributed by atoms with Crippen LogP contribution >= 0.6 is 24.0 Å². The molecule has 172 valence electrons. The van der Waals surface area contributed by atoms with E-state index in [0.29, 0.717) is 5.92 Å². The number of aliphatic imine (C=N–C) groups is 1. The maximum Gasteiger partial charge on any atom is 0.191 e. The van der Waals surface area contributed by atoms with Crippen molar-refractivity contribution in [1.82, 2.24) is 20.4 Å².